The molecule has 1 aromatic carbocycles. The molecule has 0 aliphatic carbocycles. The molecule has 1 N–H and O–H groups in total. The van der Waals surface area contributed by atoms with E-state index in [2.05, 4.69) is 10.2 Å². The van der Waals surface area contributed by atoms with Crippen molar-refractivity contribution in [3.8, 4) is 17.3 Å². The topological polar surface area (TPSA) is 107 Å². The molecule has 0 aliphatic heterocycles. The molecular formula is C14H12N4O4. The number of rotatable bonds is 3. The predicted molar refractivity (Wildman–Crippen MR) is 78.0 cm³/mol. The van der Waals surface area contributed by atoms with E-state index in [1.165, 1.54) is 16.7 Å². The molecule has 112 valence electrons. The smallest absolute Gasteiger partial charge is 0.397 e. The molecule has 0 saturated heterocycles. The predicted octanol–water partition coefficient (Wildman–Crippen LogP) is 2.35. The molecule has 3 aromatic rings. The summed E-state index contributed by atoms with van der Waals surface area (Å²) < 4.78 is 6.46. The molecule has 0 atom stereocenters. The zero-order valence-corrected chi connectivity index (χ0v) is 11.9. The van der Waals surface area contributed by atoms with Crippen LogP contribution in [-0.2, 0) is 0 Å². The van der Waals surface area contributed by atoms with E-state index >= 15 is 0 Å². The normalized spacial score (nSPS) is 10.8. The maximum atomic E-state index is 12.1. The van der Waals surface area contributed by atoms with E-state index in [1.807, 2.05) is 26.0 Å². The Morgan fingerprint density at radius 1 is 1.27 bits per heavy atom. The van der Waals surface area contributed by atoms with Crippen molar-refractivity contribution in [2.45, 2.75) is 13.8 Å². The van der Waals surface area contributed by atoms with Gasteiger partial charge in [0.15, 0.2) is 5.76 Å². The van der Waals surface area contributed by atoms with Gasteiger partial charge < -0.3 is 4.42 Å². The number of hydrogen-bond donors (Lipinski definition) is 1. The number of benzene rings is 1. The van der Waals surface area contributed by atoms with E-state index in [0.29, 0.717) is 5.69 Å². The fourth-order valence-electron chi connectivity index (χ4n) is 2.29. The SMILES string of the molecule is Cc1ccc(-n2c(-c3ccc([N+](=O)[O-])o3)n[nH]c2=O)c(C)c1. The van der Waals surface area contributed by atoms with Crippen LogP contribution < -0.4 is 5.69 Å². The number of aromatic amines is 1. The van der Waals surface area contributed by atoms with Gasteiger partial charge in [0.05, 0.1) is 11.8 Å². The van der Waals surface area contributed by atoms with Crippen molar-refractivity contribution in [2.24, 2.45) is 0 Å². The third-order valence-corrected chi connectivity index (χ3v) is 3.26. The van der Waals surface area contributed by atoms with Crippen molar-refractivity contribution in [1.29, 1.82) is 0 Å². The fourth-order valence-corrected chi connectivity index (χ4v) is 2.29. The van der Waals surface area contributed by atoms with Gasteiger partial charge in [-0.1, -0.05) is 17.7 Å². The molecule has 0 radical (unpaired) electrons. The van der Waals surface area contributed by atoms with Crippen LogP contribution in [0.3, 0.4) is 0 Å². The quantitative estimate of drug-likeness (QED) is 0.590. The largest absolute Gasteiger partial charge is 0.433 e. The summed E-state index contributed by atoms with van der Waals surface area (Å²) in [5.74, 6) is -0.0762. The second-order valence-electron chi connectivity index (χ2n) is 4.87. The monoisotopic (exact) mass is 300 g/mol. The van der Waals surface area contributed by atoms with Gasteiger partial charge in [-0.15, -0.1) is 5.10 Å². The highest BCUT2D eigenvalue weighted by Crippen LogP contribution is 2.26. The summed E-state index contributed by atoms with van der Waals surface area (Å²) in [6, 6.07) is 8.23. The first-order chi connectivity index (χ1) is 10.5. The Kier molecular flexibility index (Phi) is 3.13. The molecule has 0 aliphatic rings. The van der Waals surface area contributed by atoms with Gasteiger partial charge in [-0.05, 0) is 31.5 Å². The standard InChI is InChI=1S/C14H12N4O4/c1-8-3-4-10(9(2)7-8)17-13(15-16-14(17)19)11-5-6-12(22-11)18(20)21/h3-7H,1-2H3,(H,16,19). The number of nitrogens with one attached hydrogen (secondary N) is 1. The van der Waals surface area contributed by atoms with Crippen molar-refractivity contribution in [3.63, 3.8) is 0 Å². The van der Waals surface area contributed by atoms with Crippen molar-refractivity contribution in [3.05, 3.63) is 62.1 Å². The number of H-pyrrole nitrogens is 1. The van der Waals surface area contributed by atoms with Gasteiger partial charge in [-0.25, -0.2) is 14.5 Å². The lowest BCUT2D eigenvalue weighted by molar-refractivity contribution is -0.401. The minimum absolute atomic E-state index is 0.144. The molecule has 0 saturated carbocycles. The fraction of sp³-hybridized carbons (Fsp3) is 0.143. The van der Waals surface area contributed by atoms with E-state index in [1.54, 1.807) is 6.07 Å². The number of nitro groups is 1. The van der Waals surface area contributed by atoms with Crippen LogP contribution in [0.15, 0.2) is 39.5 Å². The summed E-state index contributed by atoms with van der Waals surface area (Å²) >= 11 is 0. The van der Waals surface area contributed by atoms with Crippen molar-refractivity contribution in [2.75, 3.05) is 0 Å². The van der Waals surface area contributed by atoms with Gasteiger partial charge in [0.1, 0.15) is 4.92 Å². The lowest BCUT2D eigenvalue weighted by Gasteiger charge is -2.08. The lowest BCUT2D eigenvalue weighted by Crippen LogP contribution is -2.16. The first-order valence-corrected chi connectivity index (χ1v) is 6.47. The first-order valence-electron chi connectivity index (χ1n) is 6.47. The Labute approximate surface area is 124 Å². The highest BCUT2D eigenvalue weighted by Gasteiger charge is 2.20. The van der Waals surface area contributed by atoms with Crippen molar-refractivity contribution < 1.29 is 9.34 Å². The molecule has 2 aromatic heterocycles. The maximum absolute atomic E-state index is 12.1. The van der Waals surface area contributed by atoms with Crippen LogP contribution in [0.2, 0.25) is 0 Å². The van der Waals surface area contributed by atoms with Crippen LogP contribution in [-0.4, -0.2) is 19.7 Å². The molecule has 8 heteroatoms. The number of nitrogens with zero attached hydrogens (tertiary/aromatic N) is 3. The van der Waals surface area contributed by atoms with Gasteiger partial charge in [0.2, 0.25) is 5.82 Å². The number of aromatic nitrogens is 3. The zero-order valence-electron chi connectivity index (χ0n) is 11.9. The molecule has 22 heavy (non-hydrogen) atoms. The van der Waals surface area contributed by atoms with E-state index in [0.717, 1.165) is 11.1 Å². The molecule has 3 rings (SSSR count). The van der Waals surface area contributed by atoms with Crippen molar-refractivity contribution in [1.82, 2.24) is 14.8 Å². The summed E-state index contributed by atoms with van der Waals surface area (Å²) in [6.07, 6.45) is 0. The van der Waals surface area contributed by atoms with Gasteiger partial charge >= 0.3 is 11.6 Å². The van der Waals surface area contributed by atoms with Crippen LogP contribution in [0, 0.1) is 24.0 Å². The van der Waals surface area contributed by atoms with E-state index < -0.39 is 16.5 Å². The van der Waals surface area contributed by atoms with Crippen molar-refractivity contribution >= 4 is 5.88 Å². The second-order valence-corrected chi connectivity index (χ2v) is 4.87. The zero-order chi connectivity index (χ0) is 15.9. The highest BCUT2D eigenvalue weighted by molar-refractivity contribution is 5.55. The lowest BCUT2D eigenvalue weighted by atomic mass is 10.1. The molecule has 0 unspecified atom stereocenters. The minimum Gasteiger partial charge on any atom is -0.397 e. The molecule has 0 bridgehead atoms. The molecule has 0 spiro atoms. The second kappa shape index (κ2) is 4.99. The van der Waals surface area contributed by atoms with E-state index in [4.69, 9.17) is 4.42 Å². The average molecular weight is 300 g/mol. The molecular weight excluding hydrogens is 288 g/mol. The van der Waals surface area contributed by atoms with Gasteiger partial charge in [0.25, 0.3) is 0 Å². The summed E-state index contributed by atoms with van der Waals surface area (Å²) in [5, 5.41) is 17.0. The van der Waals surface area contributed by atoms with Crippen LogP contribution in [0.1, 0.15) is 11.1 Å². The summed E-state index contributed by atoms with van der Waals surface area (Å²) in [4.78, 5) is 22.1. The Bertz CT molecular complexity index is 919. The third kappa shape index (κ3) is 2.20. The first kappa shape index (κ1) is 13.8. The van der Waals surface area contributed by atoms with Gasteiger partial charge in [0, 0.05) is 0 Å². The number of furan rings is 1. The summed E-state index contributed by atoms with van der Waals surface area (Å²) in [7, 11) is 0. The Balaban J connectivity index is 2.19. The van der Waals surface area contributed by atoms with Gasteiger partial charge in [-0.3, -0.25) is 10.1 Å². The molecule has 0 fully saturated rings. The number of aryl methyl sites for hydroxylation is 2. The van der Waals surface area contributed by atoms with E-state index in [-0.39, 0.29) is 11.6 Å². The minimum atomic E-state index is -0.643. The number of hydrogen-bond acceptors (Lipinski definition) is 5. The highest BCUT2D eigenvalue weighted by atomic mass is 16.6. The Hall–Kier alpha value is -3.16. The van der Waals surface area contributed by atoms with Crippen LogP contribution in [0.25, 0.3) is 17.3 Å². The maximum Gasteiger partial charge on any atom is 0.433 e. The van der Waals surface area contributed by atoms with E-state index in [9.17, 15) is 14.9 Å². The molecule has 8 nitrogen and oxygen atoms in total. The van der Waals surface area contributed by atoms with Crippen LogP contribution >= 0.6 is 0 Å². The van der Waals surface area contributed by atoms with Crippen LogP contribution in [0.4, 0.5) is 5.88 Å². The molecule has 2 heterocycles. The van der Waals surface area contributed by atoms with Gasteiger partial charge in [-0.2, -0.15) is 0 Å². The third-order valence-electron chi connectivity index (χ3n) is 3.26. The average Bonchev–Trinajstić information content (AvgIpc) is 3.06. The van der Waals surface area contributed by atoms with Crippen LogP contribution in [0.5, 0.6) is 0 Å². The Morgan fingerprint density at radius 3 is 2.68 bits per heavy atom. The Morgan fingerprint density at radius 2 is 2.05 bits per heavy atom. The molecule has 0 amide bonds. The summed E-state index contributed by atoms with van der Waals surface area (Å²) in [5.41, 5.74) is 2.14. The summed E-state index contributed by atoms with van der Waals surface area (Å²) in [6.45, 7) is 3.82.